The van der Waals surface area contributed by atoms with Crippen LogP contribution >= 0.6 is 7.29 Å². The zero-order valence-electron chi connectivity index (χ0n) is 9.10. The normalized spacial score (nSPS) is 11.8. The van der Waals surface area contributed by atoms with Crippen LogP contribution in [0, 0.1) is 0 Å². The van der Waals surface area contributed by atoms with Crippen molar-refractivity contribution < 1.29 is 4.57 Å². The molecule has 0 bridgehead atoms. The highest BCUT2D eigenvalue weighted by atomic mass is 31.2. The zero-order chi connectivity index (χ0) is 12.1. The third-order valence-electron chi connectivity index (χ3n) is 2.39. The van der Waals surface area contributed by atoms with Crippen molar-refractivity contribution in [2.24, 2.45) is 16.0 Å². The molecular weight excluding hydrogens is 233 g/mol. The van der Waals surface area contributed by atoms with Crippen molar-refractivity contribution in [3.63, 3.8) is 0 Å². The van der Waals surface area contributed by atoms with Crippen molar-refractivity contribution in [2.75, 3.05) is 0 Å². The second-order valence-electron chi connectivity index (χ2n) is 3.45. The van der Waals surface area contributed by atoms with Crippen molar-refractivity contribution in [1.29, 1.82) is 0 Å². The molecule has 17 heavy (non-hydrogen) atoms. The van der Waals surface area contributed by atoms with Crippen LogP contribution in [0.1, 0.15) is 0 Å². The summed E-state index contributed by atoms with van der Waals surface area (Å²) in [5.41, 5.74) is 0. The molecule has 0 aliphatic rings. The van der Waals surface area contributed by atoms with Crippen molar-refractivity contribution >= 4 is 17.9 Å². The number of nitrogens with two attached hydrogens (primary N) is 1. The predicted octanol–water partition coefficient (Wildman–Crippen LogP) is 2.24. The van der Waals surface area contributed by atoms with Gasteiger partial charge in [-0.2, -0.15) is 0 Å². The van der Waals surface area contributed by atoms with E-state index >= 15 is 0 Å². The van der Waals surface area contributed by atoms with Gasteiger partial charge in [0.05, 0.1) is 0 Å². The molecule has 0 aromatic heterocycles. The Morgan fingerprint density at radius 2 is 1.24 bits per heavy atom. The topological polar surface area (TPSA) is 67.8 Å². The van der Waals surface area contributed by atoms with Gasteiger partial charge in [0.15, 0.2) is 0 Å². The van der Waals surface area contributed by atoms with E-state index in [0.717, 1.165) is 0 Å². The summed E-state index contributed by atoms with van der Waals surface area (Å²) in [6.45, 7) is 0. The van der Waals surface area contributed by atoms with E-state index in [1.807, 2.05) is 36.4 Å². The maximum Gasteiger partial charge on any atom is 0.267 e. The van der Waals surface area contributed by atoms with Gasteiger partial charge in [-0.05, 0) is 24.3 Å². The summed E-state index contributed by atoms with van der Waals surface area (Å²) in [5.74, 6) is 5.08. The van der Waals surface area contributed by atoms with Crippen LogP contribution in [0.4, 0.5) is 0 Å². The molecule has 0 heterocycles. The summed E-state index contributed by atoms with van der Waals surface area (Å²) in [6.07, 6.45) is 0. The Labute approximate surface area is 99.6 Å². The van der Waals surface area contributed by atoms with Crippen LogP contribution in [-0.2, 0) is 4.57 Å². The minimum atomic E-state index is -3.09. The van der Waals surface area contributed by atoms with Crippen LogP contribution in [0.15, 0.2) is 70.8 Å². The molecule has 0 aliphatic heterocycles. The lowest BCUT2D eigenvalue weighted by atomic mass is 10.4. The third kappa shape index (κ3) is 2.27. The summed E-state index contributed by atoms with van der Waals surface area (Å²) in [5, 5.41) is 4.47. The molecule has 0 radical (unpaired) electrons. The average molecular weight is 245 g/mol. The van der Waals surface area contributed by atoms with E-state index in [1.54, 1.807) is 24.3 Å². The van der Waals surface area contributed by atoms with E-state index in [9.17, 15) is 4.57 Å². The fourth-order valence-corrected chi connectivity index (χ4v) is 3.39. The first-order valence-electron chi connectivity index (χ1n) is 5.11. The molecule has 2 aromatic carbocycles. The Morgan fingerprint density at radius 3 is 1.59 bits per heavy atom. The molecule has 0 aliphatic carbocycles. The molecule has 2 rings (SSSR count). The standard InChI is InChI=1S/C12H12N3OP/c13-14-15-17(16,11-7-3-1-4-8-11)12-9-5-2-6-10-12/h1-10H,(H2,13,15,16). The molecule has 0 fully saturated rings. The van der Waals surface area contributed by atoms with Gasteiger partial charge >= 0.3 is 0 Å². The lowest BCUT2D eigenvalue weighted by Gasteiger charge is -2.12. The molecule has 86 valence electrons. The van der Waals surface area contributed by atoms with Gasteiger partial charge in [0.2, 0.25) is 0 Å². The van der Waals surface area contributed by atoms with E-state index in [0.29, 0.717) is 10.6 Å². The summed E-state index contributed by atoms with van der Waals surface area (Å²) in [7, 11) is -3.09. The van der Waals surface area contributed by atoms with Gasteiger partial charge in [-0.1, -0.05) is 46.5 Å². The van der Waals surface area contributed by atoms with Gasteiger partial charge < -0.3 is 5.84 Å². The third-order valence-corrected chi connectivity index (χ3v) is 4.74. The van der Waals surface area contributed by atoms with Gasteiger partial charge in [0.25, 0.3) is 7.29 Å². The summed E-state index contributed by atoms with van der Waals surface area (Å²) in [6, 6.07) is 18.1. The second-order valence-corrected chi connectivity index (χ2v) is 5.82. The van der Waals surface area contributed by atoms with Crippen LogP contribution in [-0.4, -0.2) is 0 Å². The van der Waals surface area contributed by atoms with Crippen molar-refractivity contribution in [1.82, 2.24) is 0 Å². The van der Waals surface area contributed by atoms with E-state index in [4.69, 9.17) is 5.84 Å². The minimum Gasteiger partial charge on any atom is -0.305 e. The van der Waals surface area contributed by atoms with E-state index in [-0.39, 0.29) is 0 Å². The monoisotopic (exact) mass is 245 g/mol. The van der Waals surface area contributed by atoms with Crippen molar-refractivity contribution in [2.45, 2.75) is 0 Å². The van der Waals surface area contributed by atoms with Crippen molar-refractivity contribution in [3.05, 3.63) is 60.7 Å². The summed E-state index contributed by atoms with van der Waals surface area (Å²) in [4.78, 5) is 3.75. The van der Waals surface area contributed by atoms with Gasteiger partial charge in [-0.3, -0.25) is 4.57 Å². The van der Waals surface area contributed by atoms with E-state index in [1.165, 1.54) is 0 Å². The SMILES string of the molecule is N/N=N/P(=O)(c1ccccc1)c1ccccc1. The van der Waals surface area contributed by atoms with Crippen LogP contribution < -0.4 is 16.5 Å². The number of hydrogen-bond donors (Lipinski definition) is 1. The molecule has 0 saturated carbocycles. The molecule has 2 aromatic rings. The Kier molecular flexibility index (Phi) is 3.35. The minimum absolute atomic E-state index is 0.625. The first kappa shape index (κ1) is 11.6. The quantitative estimate of drug-likeness (QED) is 0.390. The number of benzene rings is 2. The molecular formula is C12H12N3OP. The van der Waals surface area contributed by atoms with Gasteiger partial charge in [0, 0.05) is 10.6 Å². The first-order valence-corrected chi connectivity index (χ1v) is 6.77. The Balaban J connectivity index is 2.60. The van der Waals surface area contributed by atoms with Crippen LogP contribution in [0.5, 0.6) is 0 Å². The maximum absolute atomic E-state index is 12.9. The average Bonchev–Trinajstić information content (AvgIpc) is 2.41. The lowest BCUT2D eigenvalue weighted by molar-refractivity contribution is 0.586. The Bertz CT molecular complexity index is 511. The Hall–Kier alpha value is -1.93. The first-order chi connectivity index (χ1) is 8.27. The largest absolute Gasteiger partial charge is 0.305 e. The fraction of sp³-hybridized carbons (Fsp3) is 0. The van der Waals surface area contributed by atoms with Gasteiger partial charge in [-0.25, -0.2) is 0 Å². The molecule has 0 unspecified atom stereocenters. The number of nitrogens with zero attached hydrogens (tertiary/aromatic N) is 2. The van der Waals surface area contributed by atoms with Gasteiger partial charge in [-0.15, -0.1) is 0 Å². The molecule has 0 amide bonds. The van der Waals surface area contributed by atoms with E-state index in [2.05, 4.69) is 10.1 Å². The Morgan fingerprint density at radius 1 is 0.824 bits per heavy atom. The van der Waals surface area contributed by atoms with Crippen molar-refractivity contribution in [3.8, 4) is 0 Å². The predicted molar refractivity (Wildman–Crippen MR) is 68.8 cm³/mol. The highest BCUT2D eigenvalue weighted by Gasteiger charge is 2.26. The maximum atomic E-state index is 12.9. The summed E-state index contributed by atoms with van der Waals surface area (Å²) < 4.78 is 12.9. The van der Waals surface area contributed by atoms with Crippen LogP contribution in [0.25, 0.3) is 0 Å². The lowest BCUT2D eigenvalue weighted by Crippen LogP contribution is -2.13. The number of hydrogen-bond acceptors (Lipinski definition) is 2. The smallest absolute Gasteiger partial charge is 0.267 e. The number of rotatable bonds is 3. The summed E-state index contributed by atoms with van der Waals surface area (Å²) >= 11 is 0. The fourth-order valence-electron chi connectivity index (χ4n) is 1.59. The second kappa shape index (κ2) is 4.93. The molecule has 4 nitrogen and oxygen atoms in total. The van der Waals surface area contributed by atoms with E-state index < -0.39 is 7.29 Å². The van der Waals surface area contributed by atoms with Crippen LogP contribution in [0.2, 0.25) is 0 Å². The van der Waals surface area contributed by atoms with Gasteiger partial charge in [0.1, 0.15) is 0 Å². The van der Waals surface area contributed by atoms with Crippen LogP contribution in [0.3, 0.4) is 0 Å². The molecule has 0 atom stereocenters. The molecule has 0 saturated heterocycles. The highest BCUT2D eigenvalue weighted by molar-refractivity contribution is 7.77. The zero-order valence-corrected chi connectivity index (χ0v) is 10.00. The molecule has 0 spiro atoms. The molecule has 5 heteroatoms. The molecule has 2 N–H and O–H groups in total. The highest BCUT2D eigenvalue weighted by Crippen LogP contribution is 2.44.